The zero-order valence-electron chi connectivity index (χ0n) is 19.1. The summed E-state index contributed by atoms with van der Waals surface area (Å²) in [7, 11) is 0. The highest BCUT2D eigenvalue weighted by atomic mass is 19.4. The van der Waals surface area contributed by atoms with Crippen LogP contribution in [-0.4, -0.2) is 30.1 Å². The molecule has 0 aliphatic heterocycles. The smallest absolute Gasteiger partial charge is 0.416 e. The zero-order valence-corrected chi connectivity index (χ0v) is 19.1. The fraction of sp³-hybridized carbons (Fsp3) is 0.458. The standard InChI is InChI=1S/C24H28F3NO4/c1-7-31-22(29)18-17(15-9-11-16(12-10-15)24(25,26)27)19(23(30)32-8-2)21(14(5)6)28-20(18)13(3)4/h9-14H,7-8H2,1-6H3. The van der Waals surface area contributed by atoms with Gasteiger partial charge in [0.25, 0.3) is 0 Å². The van der Waals surface area contributed by atoms with Gasteiger partial charge in [-0.25, -0.2) is 9.59 Å². The molecule has 0 aliphatic rings. The highest BCUT2D eigenvalue weighted by molar-refractivity contribution is 6.07. The van der Waals surface area contributed by atoms with Gasteiger partial charge in [0.2, 0.25) is 0 Å². The summed E-state index contributed by atoms with van der Waals surface area (Å²) >= 11 is 0. The van der Waals surface area contributed by atoms with Crippen molar-refractivity contribution in [1.82, 2.24) is 4.98 Å². The van der Waals surface area contributed by atoms with Crippen LogP contribution in [0, 0.1) is 0 Å². The quantitative estimate of drug-likeness (QED) is 0.458. The summed E-state index contributed by atoms with van der Waals surface area (Å²) in [6, 6.07) is 4.34. The summed E-state index contributed by atoms with van der Waals surface area (Å²) in [4.78, 5) is 30.7. The van der Waals surface area contributed by atoms with Crippen LogP contribution in [0.4, 0.5) is 13.2 Å². The maximum Gasteiger partial charge on any atom is 0.416 e. The molecule has 32 heavy (non-hydrogen) atoms. The van der Waals surface area contributed by atoms with Gasteiger partial charge in [0.15, 0.2) is 0 Å². The van der Waals surface area contributed by atoms with Crippen molar-refractivity contribution in [2.75, 3.05) is 13.2 Å². The molecule has 0 fully saturated rings. The number of ether oxygens (including phenoxy) is 2. The Kier molecular flexibility index (Phi) is 8.04. The maximum absolute atomic E-state index is 13.1. The number of carbonyl (C=O) groups is 2. The molecule has 1 aromatic carbocycles. The summed E-state index contributed by atoms with van der Waals surface area (Å²) in [5, 5.41) is 0. The SMILES string of the molecule is CCOC(=O)c1c(C(C)C)nc(C(C)C)c(C(=O)OCC)c1-c1ccc(C(F)(F)F)cc1. The minimum atomic E-state index is -4.52. The fourth-order valence-corrected chi connectivity index (χ4v) is 3.39. The van der Waals surface area contributed by atoms with Gasteiger partial charge >= 0.3 is 18.1 Å². The van der Waals surface area contributed by atoms with Crippen molar-refractivity contribution in [2.45, 2.75) is 59.6 Å². The maximum atomic E-state index is 13.1. The number of esters is 2. The molecule has 0 saturated heterocycles. The van der Waals surface area contributed by atoms with Crippen molar-refractivity contribution in [2.24, 2.45) is 0 Å². The second-order valence-corrected chi connectivity index (χ2v) is 7.83. The molecule has 0 amide bonds. The van der Waals surface area contributed by atoms with Gasteiger partial charge in [-0.15, -0.1) is 0 Å². The summed E-state index contributed by atoms with van der Waals surface area (Å²) < 4.78 is 49.8. The minimum Gasteiger partial charge on any atom is -0.462 e. The van der Waals surface area contributed by atoms with Gasteiger partial charge in [0.05, 0.1) is 41.3 Å². The van der Waals surface area contributed by atoms with Crippen molar-refractivity contribution in [3.8, 4) is 11.1 Å². The highest BCUT2D eigenvalue weighted by Gasteiger charge is 2.33. The second-order valence-electron chi connectivity index (χ2n) is 7.83. The lowest BCUT2D eigenvalue weighted by Gasteiger charge is -2.23. The van der Waals surface area contributed by atoms with Gasteiger partial charge in [-0.1, -0.05) is 39.8 Å². The van der Waals surface area contributed by atoms with Crippen LogP contribution in [0.15, 0.2) is 24.3 Å². The number of halogens is 3. The molecular weight excluding hydrogens is 423 g/mol. The number of hydrogen-bond acceptors (Lipinski definition) is 5. The number of hydrogen-bond donors (Lipinski definition) is 0. The third kappa shape index (κ3) is 5.29. The first-order chi connectivity index (χ1) is 14.9. The Morgan fingerprint density at radius 3 is 1.56 bits per heavy atom. The number of pyridine rings is 1. The summed E-state index contributed by atoms with van der Waals surface area (Å²) in [6.07, 6.45) is -4.52. The largest absolute Gasteiger partial charge is 0.462 e. The first-order valence-corrected chi connectivity index (χ1v) is 10.5. The lowest BCUT2D eigenvalue weighted by atomic mass is 9.86. The predicted octanol–water partition coefficient (Wildman–Crippen LogP) is 6.37. The molecule has 0 radical (unpaired) electrons. The van der Waals surface area contributed by atoms with Gasteiger partial charge in [0, 0.05) is 5.56 Å². The van der Waals surface area contributed by atoms with E-state index in [1.807, 2.05) is 27.7 Å². The molecule has 0 N–H and O–H groups in total. The molecule has 0 unspecified atom stereocenters. The Labute approximate surface area is 185 Å². The van der Waals surface area contributed by atoms with Crippen LogP contribution in [0.2, 0.25) is 0 Å². The Morgan fingerprint density at radius 1 is 0.844 bits per heavy atom. The Balaban J connectivity index is 3.01. The number of alkyl halides is 3. The molecule has 0 saturated carbocycles. The van der Waals surface area contributed by atoms with Crippen LogP contribution in [0.5, 0.6) is 0 Å². The Morgan fingerprint density at radius 2 is 1.25 bits per heavy atom. The molecule has 5 nitrogen and oxygen atoms in total. The van der Waals surface area contributed by atoms with E-state index in [2.05, 4.69) is 4.98 Å². The van der Waals surface area contributed by atoms with E-state index < -0.39 is 23.7 Å². The fourth-order valence-electron chi connectivity index (χ4n) is 3.39. The number of aromatic nitrogens is 1. The van der Waals surface area contributed by atoms with E-state index in [1.54, 1.807) is 13.8 Å². The highest BCUT2D eigenvalue weighted by Crippen LogP contribution is 2.39. The van der Waals surface area contributed by atoms with Crippen LogP contribution in [-0.2, 0) is 15.7 Å². The molecule has 1 heterocycles. The van der Waals surface area contributed by atoms with Crippen molar-refractivity contribution in [3.05, 3.63) is 52.3 Å². The molecule has 174 valence electrons. The van der Waals surface area contributed by atoms with Crippen LogP contribution >= 0.6 is 0 Å². The summed E-state index contributed by atoms with van der Waals surface area (Å²) in [5.41, 5.74) is 0.570. The van der Waals surface area contributed by atoms with Crippen molar-refractivity contribution in [1.29, 1.82) is 0 Å². The topological polar surface area (TPSA) is 65.5 Å². The number of nitrogens with zero attached hydrogens (tertiary/aromatic N) is 1. The molecule has 2 rings (SSSR count). The number of benzene rings is 1. The van der Waals surface area contributed by atoms with E-state index >= 15 is 0 Å². The zero-order chi connectivity index (χ0) is 24.2. The van der Waals surface area contributed by atoms with Crippen LogP contribution in [0.1, 0.15) is 91.0 Å². The van der Waals surface area contributed by atoms with Gasteiger partial charge in [0.1, 0.15) is 0 Å². The Hall–Kier alpha value is -2.90. The molecule has 0 spiro atoms. The summed E-state index contributed by atoms with van der Waals surface area (Å²) in [5.74, 6) is -1.81. The van der Waals surface area contributed by atoms with Crippen molar-refractivity contribution in [3.63, 3.8) is 0 Å². The summed E-state index contributed by atoms with van der Waals surface area (Å²) in [6.45, 7) is 10.8. The molecule has 0 bridgehead atoms. The first-order valence-electron chi connectivity index (χ1n) is 10.5. The minimum absolute atomic E-state index is 0.0639. The van der Waals surface area contributed by atoms with Gasteiger partial charge in [-0.05, 0) is 43.4 Å². The molecule has 1 aromatic heterocycles. The van der Waals surface area contributed by atoms with Crippen LogP contribution in [0.25, 0.3) is 11.1 Å². The van der Waals surface area contributed by atoms with Gasteiger partial charge in [-0.2, -0.15) is 13.2 Å². The average molecular weight is 451 g/mol. The number of carbonyl (C=O) groups excluding carboxylic acids is 2. The molecule has 2 aromatic rings. The van der Waals surface area contributed by atoms with Gasteiger partial charge < -0.3 is 9.47 Å². The number of rotatable bonds is 7. The lowest BCUT2D eigenvalue weighted by Crippen LogP contribution is -2.21. The van der Waals surface area contributed by atoms with E-state index in [0.717, 1.165) is 12.1 Å². The first kappa shape index (κ1) is 25.4. The normalized spacial score (nSPS) is 11.7. The van der Waals surface area contributed by atoms with E-state index in [0.29, 0.717) is 11.4 Å². The lowest BCUT2D eigenvalue weighted by molar-refractivity contribution is -0.137. The monoisotopic (exact) mass is 451 g/mol. The molecule has 8 heteroatoms. The molecular formula is C24H28F3NO4. The molecule has 0 aliphatic carbocycles. The van der Waals surface area contributed by atoms with Crippen LogP contribution < -0.4 is 0 Å². The Bertz CT molecular complexity index is 932. The second kappa shape index (κ2) is 10.1. The van der Waals surface area contributed by atoms with E-state index in [4.69, 9.17) is 9.47 Å². The van der Waals surface area contributed by atoms with E-state index in [9.17, 15) is 22.8 Å². The van der Waals surface area contributed by atoms with Crippen molar-refractivity contribution >= 4 is 11.9 Å². The molecule has 0 atom stereocenters. The van der Waals surface area contributed by atoms with E-state index in [1.165, 1.54) is 12.1 Å². The van der Waals surface area contributed by atoms with Crippen LogP contribution in [0.3, 0.4) is 0 Å². The predicted molar refractivity (Wildman–Crippen MR) is 115 cm³/mol. The third-order valence-corrected chi connectivity index (χ3v) is 4.81. The van der Waals surface area contributed by atoms with Crippen molar-refractivity contribution < 1.29 is 32.2 Å². The van der Waals surface area contributed by atoms with E-state index in [-0.39, 0.29) is 47.3 Å². The van der Waals surface area contributed by atoms with Gasteiger partial charge in [-0.3, -0.25) is 4.98 Å². The third-order valence-electron chi connectivity index (χ3n) is 4.81. The average Bonchev–Trinajstić information content (AvgIpc) is 2.71.